The second-order valence-electron chi connectivity index (χ2n) is 7.19. The van der Waals surface area contributed by atoms with Crippen LogP contribution in [0.25, 0.3) is 10.9 Å². The van der Waals surface area contributed by atoms with E-state index in [4.69, 9.17) is 0 Å². The molecule has 2 atom stereocenters. The summed E-state index contributed by atoms with van der Waals surface area (Å²) in [6, 6.07) is 10.0. The molecule has 1 N–H and O–H groups in total. The zero-order valence-corrected chi connectivity index (χ0v) is 15.7. The van der Waals surface area contributed by atoms with Crippen molar-refractivity contribution >= 4 is 16.8 Å². The third-order valence-corrected chi connectivity index (χ3v) is 5.55. The molecule has 140 valence electrons. The van der Waals surface area contributed by atoms with Gasteiger partial charge in [0, 0.05) is 42.8 Å². The summed E-state index contributed by atoms with van der Waals surface area (Å²) in [5, 5.41) is 16.0. The predicted molar refractivity (Wildman–Crippen MR) is 103 cm³/mol. The molecule has 27 heavy (non-hydrogen) atoms. The van der Waals surface area contributed by atoms with Crippen molar-refractivity contribution in [3.8, 4) is 0 Å². The number of benzene rings is 1. The fourth-order valence-electron chi connectivity index (χ4n) is 3.98. The van der Waals surface area contributed by atoms with Crippen LogP contribution in [0.15, 0.2) is 42.7 Å². The van der Waals surface area contributed by atoms with Crippen LogP contribution in [0.1, 0.15) is 28.5 Å². The van der Waals surface area contributed by atoms with Gasteiger partial charge in [-0.3, -0.25) is 14.5 Å². The second-order valence-corrected chi connectivity index (χ2v) is 7.19. The van der Waals surface area contributed by atoms with Crippen molar-refractivity contribution in [1.29, 1.82) is 0 Å². The van der Waals surface area contributed by atoms with E-state index in [2.05, 4.69) is 16.1 Å². The molecule has 0 spiro atoms. The van der Waals surface area contributed by atoms with Crippen LogP contribution in [-0.4, -0.2) is 49.9 Å². The molecule has 0 bridgehead atoms. The van der Waals surface area contributed by atoms with Crippen LogP contribution in [0, 0.1) is 12.8 Å². The smallest absolute Gasteiger partial charge is 0.257 e. The highest BCUT2D eigenvalue weighted by Gasteiger charge is 2.35. The van der Waals surface area contributed by atoms with E-state index in [0.29, 0.717) is 18.7 Å². The number of amides is 1. The maximum absolute atomic E-state index is 12.9. The summed E-state index contributed by atoms with van der Waals surface area (Å²) in [5.41, 5.74) is 3.62. The number of rotatable bonds is 4. The van der Waals surface area contributed by atoms with Crippen LogP contribution in [0.4, 0.5) is 0 Å². The van der Waals surface area contributed by atoms with E-state index < -0.39 is 6.10 Å². The summed E-state index contributed by atoms with van der Waals surface area (Å²) in [5.74, 6) is -0.0328. The lowest BCUT2D eigenvalue weighted by Gasteiger charge is -2.16. The molecule has 1 fully saturated rings. The van der Waals surface area contributed by atoms with E-state index in [1.807, 2.05) is 49.0 Å². The first-order chi connectivity index (χ1) is 13.1. The number of β-amino-alcohol motifs (C(OH)–C–C–N with tert-alkyl or cyclic N) is 1. The molecular weight excluding hydrogens is 340 g/mol. The molecule has 6 nitrogen and oxygen atoms in total. The molecule has 0 radical (unpaired) electrons. The van der Waals surface area contributed by atoms with E-state index in [1.165, 1.54) is 0 Å². The molecule has 2 aromatic heterocycles. The Bertz CT molecular complexity index is 976. The Kier molecular flexibility index (Phi) is 4.66. The van der Waals surface area contributed by atoms with E-state index in [1.54, 1.807) is 11.1 Å². The summed E-state index contributed by atoms with van der Waals surface area (Å²) >= 11 is 0. The van der Waals surface area contributed by atoms with E-state index in [0.717, 1.165) is 35.1 Å². The molecule has 4 rings (SSSR count). The predicted octanol–water partition coefficient (Wildman–Crippen LogP) is 2.44. The molecule has 0 unspecified atom stereocenters. The molecule has 0 aliphatic carbocycles. The van der Waals surface area contributed by atoms with Crippen molar-refractivity contribution in [2.45, 2.75) is 32.9 Å². The van der Waals surface area contributed by atoms with Gasteiger partial charge >= 0.3 is 0 Å². The maximum atomic E-state index is 12.9. The Morgan fingerprint density at radius 2 is 2.07 bits per heavy atom. The zero-order valence-electron chi connectivity index (χ0n) is 15.7. The largest absolute Gasteiger partial charge is 0.391 e. The minimum absolute atomic E-state index is 0.0151. The molecule has 1 aliphatic heterocycles. The molecule has 1 saturated heterocycles. The van der Waals surface area contributed by atoms with Gasteiger partial charge in [-0.15, -0.1) is 0 Å². The van der Waals surface area contributed by atoms with Gasteiger partial charge < -0.3 is 10.0 Å². The van der Waals surface area contributed by atoms with Crippen LogP contribution in [0.2, 0.25) is 0 Å². The van der Waals surface area contributed by atoms with Gasteiger partial charge in [-0.05, 0) is 38.0 Å². The van der Waals surface area contributed by atoms with Crippen molar-refractivity contribution in [3.05, 3.63) is 59.5 Å². The third kappa shape index (κ3) is 3.21. The molecular formula is C21H24N4O2. The zero-order chi connectivity index (χ0) is 19.0. The number of hydrogen-bond acceptors (Lipinski definition) is 4. The number of aliphatic hydroxyl groups is 1. The summed E-state index contributed by atoms with van der Waals surface area (Å²) < 4.78 is 1.82. The van der Waals surface area contributed by atoms with E-state index in [9.17, 15) is 9.90 Å². The number of aryl methyl sites for hydroxylation is 1. The van der Waals surface area contributed by atoms with Gasteiger partial charge in [-0.2, -0.15) is 5.10 Å². The summed E-state index contributed by atoms with van der Waals surface area (Å²) in [4.78, 5) is 19.1. The van der Waals surface area contributed by atoms with Crippen LogP contribution < -0.4 is 0 Å². The highest BCUT2D eigenvalue weighted by molar-refractivity contribution is 5.95. The van der Waals surface area contributed by atoms with Crippen LogP contribution in [0.5, 0.6) is 0 Å². The number of fused-ring (bicyclic) bond motifs is 1. The van der Waals surface area contributed by atoms with Crippen molar-refractivity contribution < 1.29 is 9.90 Å². The van der Waals surface area contributed by atoms with Gasteiger partial charge in [0.1, 0.15) is 0 Å². The first kappa shape index (κ1) is 17.7. The van der Waals surface area contributed by atoms with Crippen LogP contribution in [0.3, 0.4) is 0 Å². The lowest BCUT2D eigenvalue weighted by molar-refractivity contribution is 0.0763. The molecule has 3 aromatic rings. The van der Waals surface area contributed by atoms with E-state index >= 15 is 0 Å². The molecule has 3 heterocycles. The Morgan fingerprint density at radius 3 is 2.85 bits per heavy atom. The normalized spacial score (nSPS) is 19.7. The standard InChI is InChI=1S/C21H24N4O2/c1-3-25-14(2)18(11-23-25)21(27)24-12-16(20(26)13-24)10-15-8-9-22-19-7-5-4-6-17(15)19/h4-9,11,16,20,26H,3,10,12-13H2,1-2H3/t16-,20+/m1/s1. The van der Waals surface area contributed by atoms with E-state index in [-0.39, 0.29) is 11.8 Å². The lowest BCUT2D eigenvalue weighted by Crippen LogP contribution is -2.30. The van der Waals surface area contributed by atoms with Crippen LogP contribution >= 0.6 is 0 Å². The van der Waals surface area contributed by atoms with Gasteiger partial charge in [0.05, 0.1) is 23.4 Å². The lowest BCUT2D eigenvalue weighted by atomic mass is 9.94. The van der Waals surface area contributed by atoms with Gasteiger partial charge in [-0.25, -0.2) is 0 Å². The fraction of sp³-hybridized carbons (Fsp3) is 0.381. The number of nitrogens with zero attached hydrogens (tertiary/aromatic N) is 4. The van der Waals surface area contributed by atoms with Crippen molar-refractivity contribution in [3.63, 3.8) is 0 Å². The van der Waals surface area contributed by atoms with Crippen molar-refractivity contribution in [2.75, 3.05) is 13.1 Å². The summed E-state index contributed by atoms with van der Waals surface area (Å²) in [6.45, 7) is 5.57. The SMILES string of the molecule is CCn1ncc(C(=O)N2C[C@@H](Cc3ccnc4ccccc34)[C@@H](O)C2)c1C. The number of para-hydroxylation sites is 1. The first-order valence-electron chi connectivity index (χ1n) is 9.40. The first-order valence-corrected chi connectivity index (χ1v) is 9.40. The Balaban J connectivity index is 1.53. The number of aromatic nitrogens is 3. The van der Waals surface area contributed by atoms with Gasteiger partial charge in [0.2, 0.25) is 0 Å². The van der Waals surface area contributed by atoms with Gasteiger partial charge in [0.25, 0.3) is 5.91 Å². The quantitative estimate of drug-likeness (QED) is 0.772. The summed E-state index contributed by atoms with van der Waals surface area (Å²) in [7, 11) is 0. The second kappa shape index (κ2) is 7.12. The maximum Gasteiger partial charge on any atom is 0.257 e. The fourth-order valence-corrected chi connectivity index (χ4v) is 3.98. The molecule has 0 saturated carbocycles. The number of carbonyl (C=O) groups is 1. The highest BCUT2D eigenvalue weighted by Crippen LogP contribution is 2.26. The Morgan fingerprint density at radius 1 is 1.26 bits per heavy atom. The minimum atomic E-state index is -0.526. The average Bonchev–Trinajstić information content (AvgIpc) is 3.24. The minimum Gasteiger partial charge on any atom is -0.391 e. The van der Waals surface area contributed by atoms with Gasteiger partial charge in [-0.1, -0.05) is 18.2 Å². The summed E-state index contributed by atoms with van der Waals surface area (Å²) in [6.07, 6.45) is 3.64. The monoisotopic (exact) mass is 364 g/mol. The Hall–Kier alpha value is -2.73. The number of pyridine rings is 1. The highest BCUT2D eigenvalue weighted by atomic mass is 16.3. The number of aliphatic hydroxyl groups excluding tert-OH is 1. The number of likely N-dealkylation sites (tertiary alicyclic amines) is 1. The average molecular weight is 364 g/mol. The number of carbonyl (C=O) groups excluding carboxylic acids is 1. The molecule has 6 heteroatoms. The Labute approximate surface area is 158 Å². The number of hydrogen-bond donors (Lipinski definition) is 1. The molecule has 1 aromatic carbocycles. The molecule has 1 amide bonds. The van der Waals surface area contributed by atoms with Crippen molar-refractivity contribution in [1.82, 2.24) is 19.7 Å². The van der Waals surface area contributed by atoms with Crippen molar-refractivity contribution in [2.24, 2.45) is 5.92 Å². The van der Waals surface area contributed by atoms with Crippen LogP contribution in [-0.2, 0) is 13.0 Å². The topological polar surface area (TPSA) is 71.2 Å². The third-order valence-electron chi connectivity index (χ3n) is 5.55. The molecule has 1 aliphatic rings. The van der Waals surface area contributed by atoms with Gasteiger partial charge in [0.15, 0.2) is 0 Å².